The first-order chi connectivity index (χ1) is 11.3. The monoisotopic (exact) mass is 365 g/mol. The molecule has 0 radical (unpaired) electrons. The van der Waals surface area contributed by atoms with Gasteiger partial charge >= 0.3 is 0 Å². The molecule has 0 amide bonds. The lowest BCUT2D eigenvalue weighted by molar-refractivity contribution is 0.599. The Hall–Kier alpha value is -1.34. The molecule has 2 heterocycles. The Morgan fingerprint density at radius 3 is 2.46 bits per heavy atom. The molecule has 2 aromatic rings. The highest BCUT2D eigenvalue weighted by atomic mass is 32.2. The van der Waals surface area contributed by atoms with Gasteiger partial charge in [0.15, 0.2) is 15.0 Å². The van der Waals surface area contributed by atoms with E-state index in [2.05, 4.69) is 43.1 Å². The molecule has 1 unspecified atom stereocenters. The zero-order chi connectivity index (χ0) is 17.5. The van der Waals surface area contributed by atoms with Gasteiger partial charge in [-0.25, -0.2) is 8.42 Å². The normalized spacial score (nSPS) is 19.8. The molecular weight excluding hydrogens is 342 g/mol. The van der Waals surface area contributed by atoms with E-state index in [9.17, 15) is 8.42 Å². The predicted molar refractivity (Wildman–Crippen MR) is 97.2 cm³/mol. The van der Waals surface area contributed by atoms with Crippen LogP contribution in [0.15, 0.2) is 17.3 Å². The van der Waals surface area contributed by atoms with Crippen molar-refractivity contribution >= 4 is 21.6 Å². The zero-order valence-electron chi connectivity index (χ0n) is 14.5. The molecule has 130 valence electrons. The molecule has 5 nitrogen and oxygen atoms in total. The Bertz CT molecular complexity index is 849. The average Bonchev–Trinajstić information content (AvgIpc) is 3.01. The Balaban J connectivity index is 1.76. The molecule has 0 N–H and O–H groups in total. The molecule has 1 aromatic carbocycles. The van der Waals surface area contributed by atoms with Gasteiger partial charge in [-0.2, -0.15) is 0 Å². The van der Waals surface area contributed by atoms with Crippen LogP contribution in [0.2, 0.25) is 0 Å². The maximum absolute atomic E-state index is 11.7. The van der Waals surface area contributed by atoms with E-state index in [1.165, 1.54) is 22.3 Å². The molecule has 0 spiro atoms. The van der Waals surface area contributed by atoms with Crippen molar-refractivity contribution in [3.8, 4) is 0 Å². The van der Waals surface area contributed by atoms with Crippen molar-refractivity contribution in [2.45, 2.75) is 44.0 Å². The van der Waals surface area contributed by atoms with Crippen molar-refractivity contribution in [1.29, 1.82) is 0 Å². The molecule has 24 heavy (non-hydrogen) atoms. The molecule has 7 heteroatoms. The minimum absolute atomic E-state index is 0.0234. The number of hydrogen-bond acceptors (Lipinski definition) is 5. The third-order valence-corrected chi connectivity index (χ3v) is 7.47. The van der Waals surface area contributed by atoms with Gasteiger partial charge < -0.3 is 4.57 Å². The molecule has 3 rings (SSSR count). The van der Waals surface area contributed by atoms with Gasteiger partial charge in [0.05, 0.1) is 11.5 Å². The smallest absolute Gasteiger partial charge is 0.191 e. The van der Waals surface area contributed by atoms with Gasteiger partial charge in [-0.15, -0.1) is 10.2 Å². The van der Waals surface area contributed by atoms with Crippen LogP contribution in [0.4, 0.5) is 0 Å². The van der Waals surface area contributed by atoms with Crippen LogP contribution in [0.1, 0.15) is 40.4 Å². The van der Waals surface area contributed by atoms with E-state index in [-0.39, 0.29) is 17.4 Å². The highest BCUT2D eigenvalue weighted by Crippen LogP contribution is 2.31. The Labute approximate surface area is 147 Å². The maximum Gasteiger partial charge on any atom is 0.191 e. The van der Waals surface area contributed by atoms with Gasteiger partial charge in [-0.05, 0) is 43.9 Å². The summed E-state index contributed by atoms with van der Waals surface area (Å²) in [6.07, 6.45) is 0.648. The number of nitrogens with zero attached hydrogens (tertiary/aromatic N) is 3. The lowest BCUT2D eigenvalue weighted by Gasteiger charge is -2.11. The first kappa shape index (κ1) is 17.5. The predicted octanol–water partition coefficient (Wildman–Crippen LogP) is 2.93. The molecule has 1 saturated heterocycles. The van der Waals surface area contributed by atoms with Gasteiger partial charge in [0.25, 0.3) is 0 Å². The Kier molecular flexibility index (Phi) is 4.75. The summed E-state index contributed by atoms with van der Waals surface area (Å²) in [6.45, 7) is 6.39. The van der Waals surface area contributed by atoms with Crippen LogP contribution < -0.4 is 0 Å². The van der Waals surface area contributed by atoms with Crippen molar-refractivity contribution in [2.75, 3.05) is 11.5 Å². The number of aryl methyl sites for hydroxylation is 3. The topological polar surface area (TPSA) is 64.8 Å². The summed E-state index contributed by atoms with van der Waals surface area (Å²) >= 11 is 1.65. The fourth-order valence-electron chi connectivity index (χ4n) is 3.38. The standard InChI is InChI=1S/C17H23N3O2S2/c1-11-7-12(2)15(13(3)8-11)9-23-17-19-18-16(20(17)4)14-5-6-24(21,22)10-14/h7-8,14H,5-6,9-10H2,1-4H3. The van der Waals surface area contributed by atoms with Crippen LogP contribution >= 0.6 is 11.8 Å². The highest BCUT2D eigenvalue weighted by Gasteiger charge is 2.32. The van der Waals surface area contributed by atoms with Crippen LogP contribution in [0.3, 0.4) is 0 Å². The summed E-state index contributed by atoms with van der Waals surface area (Å²) in [6, 6.07) is 4.41. The molecule has 0 aliphatic carbocycles. The largest absolute Gasteiger partial charge is 0.309 e. The summed E-state index contributed by atoms with van der Waals surface area (Å²) in [5.74, 6) is 2.06. The van der Waals surface area contributed by atoms with E-state index < -0.39 is 9.84 Å². The van der Waals surface area contributed by atoms with Crippen LogP contribution in [0.5, 0.6) is 0 Å². The SMILES string of the molecule is Cc1cc(C)c(CSc2nnc(C3CCS(=O)(=O)C3)n2C)c(C)c1. The van der Waals surface area contributed by atoms with Gasteiger partial charge in [-0.1, -0.05) is 29.5 Å². The number of sulfone groups is 1. The van der Waals surface area contributed by atoms with Gasteiger partial charge in [0.1, 0.15) is 5.82 Å². The van der Waals surface area contributed by atoms with Crippen molar-refractivity contribution in [3.05, 3.63) is 40.2 Å². The van der Waals surface area contributed by atoms with E-state index in [4.69, 9.17) is 0 Å². The summed E-state index contributed by atoms with van der Waals surface area (Å²) in [5, 5.41) is 9.38. The molecule has 0 saturated carbocycles. The van der Waals surface area contributed by atoms with Crippen LogP contribution in [-0.4, -0.2) is 34.7 Å². The number of thioether (sulfide) groups is 1. The van der Waals surface area contributed by atoms with Crippen LogP contribution in [-0.2, 0) is 22.6 Å². The van der Waals surface area contributed by atoms with Crippen molar-refractivity contribution in [2.24, 2.45) is 7.05 Å². The Morgan fingerprint density at radius 2 is 1.88 bits per heavy atom. The van der Waals surface area contributed by atoms with E-state index >= 15 is 0 Å². The Morgan fingerprint density at radius 1 is 1.21 bits per heavy atom. The maximum atomic E-state index is 11.7. The molecule has 1 atom stereocenters. The zero-order valence-corrected chi connectivity index (χ0v) is 16.2. The first-order valence-corrected chi connectivity index (χ1v) is 10.9. The van der Waals surface area contributed by atoms with E-state index in [0.717, 1.165) is 16.7 Å². The molecular formula is C17H23N3O2S2. The van der Waals surface area contributed by atoms with Gasteiger partial charge in [0, 0.05) is 18.7 Å². The molecule has 0 bridgehead atoms. The number of benzene rings is 1. The minimum Gasteiger partial charge on any atom is -0.309 e. The van der Waals surface area contributed by atoms with Gasteiger partial charge in [0.2, 0.25) is 0 Å². The van der Waals surface area contributed by atoms with Crippen LogP contribution in [0, 0.1) is 20.8 Å². The number of rotatable bonds is 4. The number of aromatic nitrogens is 3. The van der Waals surface area contributed by atoms with Crippen LogP contribution in [0.25, 0.3) is 0 Å². The fraction of sp³-hybridized carbons (Fsp3) is 0.529. The average molecular weight is 366 g/mol. The lowest BCUT2D eigenvalue weighted by atomic mass is 10.0. The second-order valence-electron chi connectivity index (χ2n) is 6.67. The summed E-state index contributed by atoms with van der Waals surface area (Å²) in [5.41, 5.74) is 5.20. The van der Waals surface area contributed by atoms with Crippen molar-refractivity contribution in [3.63, 3.8) is 0 Å². The van der Waals surface area contributed by atoms with Crippen molar-refractivity contribution in [1.82, 2.24) is 14.8 Å². The second-order valence-corrected chi connectivity index (χ2v) is 9.84. The van der Waals surface area contributed by atoms with E-state index in [1.54, 1.807) is 11.8 Å². The second kappa shape index (κ2) is 6.52. The summed E-state index contributed by atoms with van der Waals surface area (Å²) in [7, 11) is -0.982. The van der Waals surface area contributed by atoms with E-state index in [0.29, 0.717) is 6.42 Å². The molecule has 1 aromatic heterocycles. The third-order valence-electron chi connectivity index (χ3n) is 4.65. The minimum atomic E-state index is -2.91. The highest BCUT2D eigenvalue weighted by molar-refractivity contribution is 7.98. The lowest BCUT2D eigenvalue weighted by Crippen LogP contribution is -2.09. The quantitative estimate of drug-likeness (QED) is 0.780. The summed E-state index contributed by atoms with van der Waals surface area (Å²) in [4.78, 5) is 0. The number of hydrogen-bond donors (Lipinski definition) is 0. The van der Waals surface area contributed by atoms with E-state index in [1.807, 2.05) is 11.6 Å². The summed E-state index contributed by atoms with van der Waals surface area (Å²) < 4.78 is 25.3. The molecule has 1 aliphatic rings. The first-order valence-electron chi connectivity index (χ1n) is 8.06. The fourth-order valence-corrected chi connectivity index (χ4v) is 6.23. The molecule has 1 aliphatic heterocycles. The van der Waals surface area contributed by atoms with Gasteiger partial charge in [-0.3, -0.25) is 0 Å². The van der Waals surface area contributed by atoms with Crippen molar-refractivity contribution < 1.29 is 8.42 Å². The third kappa shape index (κ3) is 3.52. The molecule has 1 fully saturated rings.